The molecular formula is C20H27N3O5. The van der Waals surface area contributed by atoms with Gasteiger partial charge in [0.05, 0.1) is 13.2 Å². The van der Waals surface area contributed by atoms with Gasteiger partial charge in [-0.3, -0.25) is 9.69 Å². The van der Waals surface area contributed by atoms with Crippen LogP contribution in [0, 0.1) is 0 Å². The molecule has 8 heteroatoms. The Morgan fingerprint density at radius 3 is 2.39 bits per heavy atom. The summed E-state index contributed by atoms with van der Waals surface area (Å²) in [6.07, 6.45) is 0.482. The summed E-state index contributed by atoms with van der Waals surface area (Å²) in [5.41, 5.74) is 0.752. The third-order valence-corrected chi connectivity index (χ3v) is 4.05. The summed E-state index contributed by atoms with van der Waals surface area (Å²) in [5.74, 6) is -0.266. The zero-order valence-corrected chi connectivity index (χ0v) is 16.9. The van der Waals surface area contributed by atoms with Gasteiger partial charge in [0.1, 0.15) is 12.1 Å². The van der Waals surface area contributed by atoms with Crippen molar-refractivity contribution in [2.24, 2.45) is 0 Å². The number of likely N-dealkylation sites (N-methyl/N-ethyl adjacent to an activating group) is 1. The number of nitrogens with one attached hydrogen (secondary N) is 1. The van der Waals surface area contributed by atoms with Crippen molar-refractivity contribution in [3.63, 3.8) is 0 Å². The lowest BCUT2D eigenvalue weighted by molar-refractivity contribution is -0.128. The number of rotatable bonds is 2. The molecule has 1 aliphatic heterocycles. The number of ether oxygens (including phenoxy) is 2. The molecular weight excluding hydrogens is 362 g/mol. The van der Waals surface area contributed by atoms with E-state index in [4.69, 9.17) is 9.47 Å². The van der Waals surface area contributed by atoms with Crippen LogP contribution in [0.1, 0.15) is 26.3 Å². The van der Waals surface area contributed by atoms with Crippen LogP contribution in [0.15, 0.2) is 36.4 Å². The average Bonchev–Trinajstić information content (AvgIpc) is 2.62. The first-order valence-electron chi connectivity index (χ1n) is 8.97. The molecule has 1 atom stereocenters. The predicted molar refractivity (Wildman–Crippen MR) is 104 cm³/mol. The number of carbonyl (C=O) groups excluding carboxylic acids is 3. The average molecular weight is 389 g/mol. The van der Waals surface area contributed by atoms with Crippen LogP contribution in [0.3, 0.4) is 0 Å². The highest BCUT2D eigenvalue weighted by Crippen LogP contribution is 2.22. The van der Waals surface area contributed by atoms with Crippen LogP contribution in [0.25, 0.3) is 5.70 Å². The molecule has 1 aliphatic rings. The van der Waals surface area contributed by atoms with Crippen molar-refractivity contribution in [3.8, 4) is 0 Å². The van der Waals surface area contributed by atoms with Crippen molar-refractivity contribution in [1.82, 2.24) is 15.1 Å². The Balaban J connectivity index is 2.40. The van der Waals surface area contributed by atoms with Crippen molar-refractivity contribution in [2.75, 3.05) is 27.2 Å². The van der Waals surface area contributed by atoms with Crippen LogP contribution in [-0.2, 0) is 14.3 Å². The molecule has 0 radical (unpaired) electrons. The smallest absolute Gasteiger partial charge is 0.410 e. The number of nitrogens with zero attached hydrogens (tertiary/aromatic N) is 2. The first-order chi connectivity index (χ1) is 13.1. The molecule has 152 valence electrons. The standard InChI is InChI=1S/C20H27N3O5/c1-20(2,3)28-19(26)23-12-15(21-18(25)27-5)11-16(22(4)17(24)13-23)14-9-7-6-8-10-14/h6-11,15H,12-13H2,1-5H3,(H,21,25)/b16-11-. The second-order valence-corrected chi connectivity index (χ2v) is 7.47. The van der Waals surface area contributed by atoms with Gasteiger partial charge in [0.2, 0.25) is 5.91 Å². The van der Waals surface area contributed by atoms with Gasteiger partial charge in [-0.1, -0.05) is 30.3 Å². The fourth-order valence-electron chi connectivity index (χ4n) is 2.72. The molecule has 0 fully saturated rings. The van der Waals surface area contributed by atoms with E-state index < -0.39 is 23.8 Å². The largest absolute Gasteiger partial charge is 0.453 e. The van der Waals surface area contributed by atoms with Gasteiger partial charge in [0.25, 0.3) is 0 Å². The molecule has 1 heterocycles. The molecule has 1 aromatic rings. The molecule has 1 unspecified atom stereocenters. The SMILES string of the molecule is COC(=O)NC1/C=C(/c2ccccc2)N(C)C(=O)CN(C(=O)OC(C)(C)C)C1. The Labute approximate surface area is 165 Å². The molecule has 0 spiro atoms. The molecule has 0 saturated carbocycles. The van der Waals surface area contributed by atoms with E-state index in [2.05, 4.69) is 5.32 Å². The zero-order valence-electron chi connectivity index (χ0n) is 16.9. The van der Waals surface area contributed by atoms with Crippen molar-refractivity contribution in [1.29, 1.82) is 0 Å². The lowest BCUT2D eigenvalue weighted by Crippen LogP contribution is -2.51. The topological polar surface area (TPSA) is 88.2 Å². The van der Waals surface area contributed by atoms with Crippen LogP contribution in [-0.4, -0.2) is 66.8 Å². The third-order valence-electron chi connectivity index (χ3n) is 4.05. The second kappa shape index (κ2) is 8.77. The summed E-state index contributed by atoms with van der Waals surface area (Å²) in [5, 5.41) is 2.69. The van der Waals surface area contributed by atoms with Crippen LogP contribution >= 0.6 is 0 Å². The quantitative estimate of drug-likeness (QED) is 0.839. The first kappa shape index (κ1) is 21.3. The van der Waals surface area contributed by atoms with Crippen LogP contribution in [0.2, 0.25) is 0 Å². The predicted octanol–water partition coefficient (Wildman–Crippen LogP) is 2.46. The van der Waals surface area contributed by atoms with Gasteiger partial charge in [-0.05, 0) is 32.4 Å². The molecule has 28 heavy (non-hydrogen) atoms. The second-order valence-electron chi connectivity index (χ2n) is 7.47. The van der Waals surface area contributed by atoms with Crippen molar-refractivity contribution >= 4 is 23.8 Å². The van der Waals surface area contributed by atoms with Gasteiger partial charge in [-0.25, -0.2) is 9.59 Å². The Morgan fingerprint density at radius 2 is 1.82 bits per heavy atom. The summed E-state index contributed by atoms with van der Waals surface area (Å²) in [6.45, 7) is 5.15. The molecule has 1 N–H and O–H groups in total. The maximum atomic E-state index is 12.7. The van der Waals surface area contributed by atoms with Crippen molar-refractivity contribution in [3.05, 3.63) is 42.0 Å². The highest BCUT2D eigenvalue weighted by molar-refractivity contribution is 5.90. The molecule has 2 rings (SSSR count). The minimum Gasteiger partial charge on any atom is -0.453 e. The Hall–Kier alpha value is -3.03. The van der Waals surface area contributed by atoms with Gasteiger partial charge in [0, 0.05) is 19.3 Å². The molecule has 8 nitrogen and oxygen atoms in total. The molecule has 3 amide bonds. The van der Waals surface area contributed by atoms with E-state index in [1.165, 1.54) is 16.9 Å². The molecule has 0 aliphatic carbocycles. The summed E-state index contributed by atoms with van der Waals surface area (Å²) in [7, 11) is 2.90. The van der Waals surface area contributed by atoms with Crippen LogP contribution in [0.5, 0.6) is 0 Å². The number of alkyl carbamates (subject to hydrolysis) is 1. The lowest BCUT2D eigenvalue weighted by atomic mass is 10.1. The Morgan fingerprint density at radius 1 is 1.18 bits per heavy atom. The minimum atomic E-state index is -0.704. The number of hydrogen-bond donors (Lipinski definition) is 1. The van der Waals surface area contributed by atoms with Gasteiger partial charge >= 0.3 is 12.2 Å². The Kier molecular flexibility index (Phi) is 6.66. The molecule has 0 bridgehead atoms. The van der Waals surface area contributed by atoms with E-state index in [0.29, 0.717) is 5.70 Å². The van der Waals surface area contributed by atoms with E-state index in [1.54, 1.807) is 33.9 Å². The van der Waals surface area contributed by atoms with E-state index >= 15 is 0 Å². The number of benzene rings is 1. The zero-order chi connectivity index (χ0) is 20.9. The normalized spacial score (nSPS) is 19.8. The molecule has 0 aromatic heterocycles. The van der Waals surface area contributed by atoms with Crippen LogP contribution in [0.4, 0.5) is 9.59 Å². The summed E-state index contributed by atoms with van der Waals surface area (Å²) in [4.78, 5) is 39.8. The first-order valence-corrected chi connectivity index (χ1v) is 8.97. The number of carbonyl (C=O) groups is 3. The fourth-order valence-corrected chi connectivity index (χ4v) is 2.72. The van der Waals surface area contributed by atoms with E-state index in [9.17, 15) is 14.4 Å². The summed E-state index contributed by atoms with van der Waals surface area (Å²) < 4.78 is 10.1. The summed E-state index contributed by atoms with van der Waals surface area (Å²) >= 11 is 0. The van der Waals surface area contributed by atoms with E-state index in [-0.39, 0.29) is 19.0 Å². The number of hydrogen-bond acceptors (Lipinski definition) is 5. The maximum absolute atomic E-state index is 12.7. The highest BCUT2D eigenvalue weighted by atomic mass is 16.6. The maximum Gasteiger partial charge on any atom is 0.410 e. The van der Waals surface area contributed by atoms with E-state index in [0.717, 1.165) is 5.56 Å². The van der Waals surface area contributed by atoms with E-state index in [1.807, 2.05) is 30.3 Å². The fraction of sp³-hybridized carbons (Fsp3) is 0.450. The third kappa shape index (κ3) is 5.73. The monoisotopic (exact) mass is 389 g/mol. The number of amides is 3. The van der Waals surface area contributed by atoms with Gasteiger partial charge < -0.3 is 19.7 Å². The summed E-state index contributed by atoms with van der Waals surface area (Å²) in [6, 6.07) is 8.77. The molecule has 1 aromatic carbocycles. The lowest BCUT2D eigenvalue weighted by Gasteiger charge is -2.34. The Bertz CT molecular complexity index is 755. The van der Waals surface area contributed by atoms with Crippen LogP contribution < -0.4 is 5.32 Å². The minimum absolute atomic E-state index is 0.0694. The van der Waals surface area contributed by atoms with Crippen molar-refractivity contribution in [2.45, 2.75) is 32.4 Å². The van der Waals surface area contributed by atoms with Gasteiger partial charge in [-0.15, -0.1) is 0 Å². The van der Waals surface area contributed by atoms with Gasteiger partial charge in [0.15, 0.2) is 0 Å². The number of methoxy groups -OCH3 is 1. The highest BCUT2D eigenvalue weighted by Gasteiger charge is 2.31. The molecule has 0 saturated heterocycles. The van der Waals surface area contributed by atoms with Crippen molar-refractivity contribution < 1.29 is 23.9 Å². The van der Waals surface area contributed by atoms with Gasteiger partial charge in [-0.2, -0.15) is 0 Å².